The number of hydrogen-bond donors (Lipinski definition) is 0. The standard InChI is InChI=1S/C28H37BrClN5O4/c1-27(2,3)39-26(36)35-18-4-5-19(35)15-34(14-18)24-20-6-7-21(29)22(30)23(20)31-25(32-24)38-17-28(8-9-28)16-33-10-12-37-13-11-33/h6-7,18-19H,4-5,8-17H2,1-3H3. The molecular weight excluding hydrogens is 586 g/mol. The zero-order chi connectivity index (χ0) is 27.4. The lowest BCUT2D eigenvalue weighted by Gasteiger charge is -2.42. The van der Waals surface area contributed by atoms with Crippen LogP contribution in [0.4, 0.5) is 10.6 Å². The molecule has 4 fully saturated rings. The molecule has 0 spiro atoms. The molecule has 2 unspecified atom stereocenters. The van der Waals surface area contributed by atoms with Crippen molar-refractivity contribution in [3.05, 3.63) is 21.6 Å². The summed E-state index contributed by atoms with van der Waals surface area (Å²) in [6.07, 6.45) is 3.96. The summed E-state index contributed by atoms with van der Waals surface area (Å²) in [7, 11) is 0. The van der Waals surface area contributed by atoms with Gasteiger partial charge in [-0.1, -0.05) is 11.6 Å². The molecule has 39 heavy (non-hydrogen) atoms. The number of ether oxygens (including phenoxy) is 3. The molecule has 1 aliphatic carbocycles. The zero-order valence-electron chi connectivity index (χ0n) is 22.9. The van der Waals surface area contributed by atoms with Crippen LogP contribution in [0.1, 0.15) is 46.5 Å². The quantitative estimate of drug-likeness (QED) is 0.439. The summed E-state index contributed by atoms with van der Waals surface area (Å²) >= 11 is 10.3. The van der Waals surface area contributed by atoms with Crippen LogP contribution >= 0.6 is 27.5 Å². The van der Waals surface area contributed by atoms with Gasteiger partial charge in [-0.2, -0.15) is 9.97 Å². The molecule has 2 bridgehead atoms. The van der Waals surface area contributed by atoms with Crippen molar-refractivity contribution in [3.8, 4) is 6.01 Å². The van der Waals surface area contributed by atoms with Gasteiger partial charge in [-0.15, -0.1) is 0 Å². The molecule has 6 rings (SSSR count). The van der Waals surface area contributed by atoms with Crippen LogP contribution in [-0.4, -0.2) is 96.1 Å². The second kappa shape index (κ2) is 10.5. The van der Waals surface area contributed by atoms with Gasteiger partial charge in [0.25, 0.3) is 0 Å². The van der Waals surface area contributed by atoms with E-state index in [0.717, 1.165) is 74.2 Å². The SMILES string of the molecule is CC(C)(C)OC(=O)N1C2CCC1CN(c1nc(OCC3(CN4CCOCC4)CC3)nc3c(Cl)c(Br)ccc13)C2. The lowest BCUT2D eigenvalue weighted by atomic mass is 10.1. The van der Waals surface area contributed by atoms with Crippen molar-refractivity contribution in [1.29, 1.82) is 0 Å². The lowest BCUT2D eigenvalue weighted by Crippen LogP contribution is -2.57. The van der Waals surface area contributed by atoms with Gasteiger partial charge in [-0.25, -0.2) is 4.79 Å². The van der Waals surface area contributed by atoms with Crippen LogP contribution in [0.25, 0.3) is 10.9 Å². The summed E-state index contributed by atoms with van der Waals surface area (Å²) in [5, 5.41) is 1.43. The molecule has 0 radical (unpaired) electrons. The van der Waals surface area contributed by atoms with Crippen LogP contribution in [0, 0.1) is 5.41 Å². The normalized spacial score (nSPS) is 24.7. The van der Waals surface area contributed by atoms with Gasteiger partial charge in [0.2, 0.25) is 0 Å². The van der Waals surface area contributed by atoms with Crippen molar-refractivity contribution < 1.29 is 19.0 Å². The number of rotatable bonds is 6. The van der Waals surface area contributed by atoms with Crippen LogP contribution in [0.2, 0.25) is 5.02 Å². The zero-order valence-corrected chi connectivity index (χ0v) is 25.3. The minimum atomic E-state index is -0.520. The number of halogens is 2. The van der Waals surface area contributed by atoms with Crippen molar-refractivity contribution in [1.82, 2.24) is 19.8 Å². The molecule has 3 aliphatic heterocycles. The van der Waals surface area contributed by atoms with Gasteiger partial charge in [-0.05, 0) is 74.5 Å². The molecule has 212 valence electrons. The number of nitrogens with zero attached hydrogens (tertiary/aromatic N) is 5. The number of hydrogen-bond acceptors (Lipinski definition) is 8. The predicted octanol–water partition coefficient (Wildman–Crippen LogP) is 5.13. The summed E-state index contributed by atoms with van der Waals surface area (Å²) in [4.78, 5) is 29.4. The van der Waals surface area contributed by atoms with Crippen molar-refractivity contribution in [2.75, 3.05) is 57.4 Å². The molecule has 1 aromatic carbocycles. The molecule has 2 atom stereocenters. The summed E-state index contributed by atoms with van der Waals surface area (Å²) in [6.45, 7) is 12.2. The first kappa shape index (κ1) is 27.3. The number of aromatic nitrogens is 2. The fourth-order valence-corrected chi connectivity index (χ4v) is 6.60. The van der Waals surface area contributed by atoms with Crippen molar-refractivity contribution in [2.24, 2.45) is 5.41 Å². The Morgan fingerprint density at radius 2 is 1.85 bits per heavy atom. The van der Waals surface area contributed by atoms with Crippen LogP contribution in [0.3, 0.4) is 0 Å². The third kappa shape index (κ3) is 5.80. The third-order valence-electron chi connectivity index (χ3n) is 8.23. The van der Waals surface area contributed by atoms with Gasteiger partial charge >= 0.3 is 12.1 Å². The Labute approximate surface area is 243 Å². The van der Waals surface area contributed by atoms with E-state index in [-0.39, 0.29) is 23.6 Å². The number of anilines is 1. The average molecular weight is 623 g/mol. The Morgan fingerprint density at radius 3 is 2.49 bits per heavy atom. The van der Waals surface area contributed by atoms with Gasteiger partial charge in [0, 0.05) is 48.0 Å². The maximum Gasteiger partial charge on any atom is 0.410 e. The number of carbonyl (C=O) groups is 1. The molecule has 1 saturated carbocycles. The van der Waals surface area contributed by atoms with Crippen molar-refractivity contribution >= 4 is 50.3 Å². The topological polar surface area (TPSA) is 80.3 Å². The molecule has 9 nitrogen and oxygen atoms in total. The molecule has 1 amide bonds. The molecule has 3 saturated heterocycles. The lowest BCUT2D eigenvalue weighted by molar-refractivity contribution is 0.0123. The van der Waals surface area contributed by atoms with E-state index < -0.39 is 5.60 Å². The predicted molar refractivity (Wildman–Crippen MR) is 154 cm³/mol. The smallest absolute Gasteiger partial charge is 0.410 e. The summed E-state index contributed by atoms with van der Waals surface area (Å²) in [5.41, 5.74) is 0.300. The highest BCUT2D eigenvalue weighted by molar-refractivity contribution is 9.10. The highest BCUT2D eigenvalue weighted by Crippen LogP contribution is 2.47. The number of benzene rings is 1. The van der Waals surface area contributed by atoms with Gasteiger partial charge in [-0.3, -0.25) is 9.80 Å². The molecule has 0 N–H and O–H groups in total. The fourth-order valence-electron chi connectivity index (χ4n) is 6.07. The van der Waals surface area contributed by atoms with Crippen molar-refractivity contribution in [2.45, 2.75) is 64.1 Å². The van der Waals surface area contributed by atoms with E-state index in [1.807, 2.05) is 37.8 Å². The monoisotopic (exact) mass is 621 g/mol. The second-order valence-electron chi connectivity index (χ2n) is 12.4. The minimum absolute atomic E-state index is 0.0714. The highest BCUT2D eigenvalue weighted by atomic mass is 79.9. The first-order valence-corrected chi connectivity index (χ1v) is 15.1. The van der Waals surface area contributed by atoms with Crippen molar-refractivity contribution in [3.63, 3.8) is 0 Å². The summed E-state index contributed by atoms with van der Waals surface area (Å²) in [6, 6.07) is 4.44. The van der Waals surface area contributed by atoms with Crippen LogP contribution < -0.4 is 9.64 Å². The number of fused-ring (bicyclic) bond motifs is 3. The van der Waals surface area contributed by atoms with E-state index in [2.05, 4.69) is 25.7 Å². The maximum absolute atomic E-state index is 13.0. The van der Waals surface area contributed by atoms with E-state index >= 15 is 0 Å². The second-order valence-corrected chi connectivity index (χ2v) is 13.7. The molecule has 2 aromatic rings. The minimum Gasteiger partial charge on any atom is -0.463 e. The van der Waals surface area contributed by atoms with E-state index in [1.165, 1.54) is 0 Å². The van der Waals surface area contributed by atoms with Crippen LogP contribution in [-0.2, 0) is 9.47 Å². The number of morpholine rings is 1. The van der Waals surface area contributed by atoms with Gasteiger partial charge in [0.15, 0.2) is 0 Å². The van der Waals surface area contributed by atoms with E-state index in [0.29, 0.717) is 36.2 Å². The van der Waals surface area contributed by atoms with Gasteiger partial charge in [0.1, 0.15) is 11.4 Å². The molecule has 11 heteroatoms. The fraction of sp³-hybridized carbons (Fsp3) is 0.679. The average Bonchev–Trinajstić information content (AvgIpc) is 3.60. The number of carbonyl (C=O) groups excluding carboxylic acids is 1. The Hall–Kier alpha value is -1.88. The third-order valence-corrected chi connectivity index (χ3v) is 9.50. The molecular formula is C28H37BrClN5O4. The number of piperazine rings is 1. The molecule has 4 heterocycles. The Morgan fingerprint density at radius 1 is 1.15 bits per heavy atom. The van der Waals surface area contributed by atoms with E-state index in [4.69, 9.17) is 35.8 Å². The Kier molecular flexibility index (Phi) is 7.35. The van der Waals surface area contributed by atoms with E-state index in [9.17, 15) is 4.79 Å². The van der Waals surface area contributed by atoms with E-state index in [1.54, 1.807) is 0 Å². The van der Waals surface area contributed by atoms with Crippen LogP contribution in [0.15, 0.2) is 16.6 Å². The number of amides is 1. The Balaban J connectivity index is 1.24. The summed E-state index contributed by atoms with van der Waals surface area (Å²) in [5.74, 6) is 0.808. The molecule has 4 aliphatic rings. The largest absolute Gasteiger partial charge is 0.463 e. The maximum atomic E-state index is 13.0. The Bertz CT molecular complexity index is 1230. The van der Waals surface area contributed by atoms with Crippen LogP contribution in [0.5, 0.6) is 6.01 Å². The highest BCUT2D eigenvalue weighted by Gasteiger charge is 2.46. The first-order valence-electron chi connectivity index (χ1n) is 14.0. The summed E-state index contributed by atoms with van der Waals surface area (Å²) < 4.78 is 18.4. The first-order chi connectivity index (χ1) is 18.6. The van der Waals surface area contributed by atoms with Gasteiger partial charge < -0.3 is 19.1 Å². The van der Waals surface area contributed by atoms with Gasteiger partial charge in [0.05, 0.1) is 42.4 Å². The molecule has 1 aromatic heterocycles.